The van der Waals surface area contributed by atoms with E-state index >= 15 is 0 Å². The lowest BCUT2D eigenvalue weighted by atomic mass is 10.1. The van der Waals surface area contributed by atoms with E-state index in [9.17, 15) is 13.2 Å². The average molecular weight is 531 g/mol. The fourth-order valence-corrected chi connectivity index (χ4v) is 3.99. The van der Waals surface area contributed by atoms with Crippen LogP contribution in [0.15, 0.2) is 54.6 Å². The predicted octanol–water partition coefficient (Wildman–Crippen LogP) is 3.95. The molecule has 0 saturated heterocycles. The van der Waals surface area contributed by atoms with Crippen molar-refractivity contribution in [1.29, 1.82) is 0 Å². The summed E-state index contributed by atoms with van der Waals surface area (Å²) < 4.78 is 52.8. The van der Waals surface area contributed by atoms with E-state index in [1.807, 2.05) is 0 Å². The Labute approximate surface area is 216 Å². The molecule has 0 heterocycles. The van der Waals surface area contributed by atoms with Crippen molar-refractivity contribution in [2.75, 3.05) is 51.4 Å². The number of sulfonamides is 1. The number of ether oxygens (including phenoxy) is 5. The number of hydrogen-bond donors (Lipinski definition) is 1. The van der Waals surface area contributed by atoms with Crippen LogP contribution in [0.25, 0.3) is 0 Å². The highest BCUT2D eigenvalue weighted by atomic mass is 32.2. The molecule has 10 nitrogen and oxygen atoms in total. The second-order valence-electron chi connectivity index (χ2n) is 7.90. The molecule has 0 bridgehead atoms. The van der Waals surface area contributed by atoms with Crippen molar-refractivity contribution in [2.45, 2.75) is 6.61 Å². The molecule has 0 aliphatic rings. The second kappa shape index (κ2) is 11.7. The maximum atomic E-state index is 12.9. The van der Waals surface area contributed by atoms with E-state index in [4.69, 9.17) is 23.7 Å². The van der Waals surface area contributed by atoms with Gasteiger partial charge in [-0.25, -0.2) is 8.42 Å². The first-order valence-corrected chi connectivity index (χ1v) is 12.9. The minimum absolute atomic E-state index is 0.0536. The van der Waals surface area contributed by atoms with Crippen molar-refractivity contribution in [2.24, 2.45) is 0 Å². The van der Waals surface area contributed by atoms with Gasteiger partial charge in [0.15, 0.2) is 11.5 Å². The Balaban J connectivity index is 1.93. The number of carbonyl (C=O) groups excluding carboxylic acids is 1. The molecule has 0 aliphatic heterocycles. The van der Waals surface area contributed by atoms with Crippen LogP contribution in [-0.2, 0) is 16.6 Å². The third kappa shape index (κ3) is 6.56. The van der Waals surface area contributed by atoms with E-state index < -0.39 is 15.9 Å². The lowest BCUT2D eigenvalue weighted by Gasteiger charge is -2.22. The van der Waals surface area contributed by atoms with Crippen molar-refractivity contribution >= 4 is 27.3 Å². The SMILES string of the molecule is COc1ccc(OC)c(COc2cc(NC(=O)c3ccc(OC)c(OC)c3)ccc2N(C)S(C)(=O)=O)c1. The first-order valence-electron chi connectivity index (χ1n) is 11.1. The zero-order valence-corrected chi connectivity index (χ0v) is 22.3. The van der Waals surface area contributed by atoms with Gasteiger partial charge in [-0.1, -0.05) is 0 Å². The van der Waals surface area contributed by atoms with Crippen LogP contribution in [0.5, 0.6) is 28.7 Å². The first kappa shape index (κ1) is 27.5. The molecule has 0 spiro atoms. The van der Waals surface area contributed by atoms with Crippen LogP contribution < -0.4 is 33.3 Å². The van der Waals surface area contributed by atoms with Gasteiger partial charge in [0, 0.05) is 29.9 Å². The zero-order chi connectivity index (χ0) is 27.2. The minimum Gasteiger partial charge on any atom is -0.497 e. The van der Waals surface area contributed by atoms with Crippen molar-refractivity contribution in [3.05, 3.63) is 65.7 Å². The Morgan fingerprint density at radius 3 is 2.11 bits per heavy atom. The molecule has 0 saturated carbocycles. The summed E-state index contributed by atoms with van der Waals surface area (Å²) in [6.07, 6.45) is 1.09. The van der Waals surface area contributed by atoms with E-state index in [1.54, 1.807) is 68.8 Å². The van der Waals surface area contributed by atoms with E-state index in [0.29, 0.717) is 45.5 Å². The molecule has 0 aromatic heterocycles. The van der Waals surface area contributed by atoms with Crippen molar-refractivity contribution < 1.29 is 36.9 Å². The highest BCUT2D eigenvalue weighted by molar-refractivity contribution is 7.92. The number of amides is 1. The van der Waals surface area contributed by atoms with Crippen molar-refractivity contribution in [1.82, 2.24) is 0 Å². The van der Waals surface area contributed by atoms with Crippen LogP contribution in [0.3, 0.4) is 0 Å². The van der Waals surface area contributed by atoms with Gasteiger partial charge in [0.25, 0.3) is 5.91 Å². The number of hydrogen-bond acceptors (Lipinski definition) is 8. The summed E-state index contributed by atoms with van der Waals surface area (Å²) >= 11 is 0. The van der Waals surface area contributed by atoms with Crippen LogP contribution in [0.1, 0.15) is 15.9 Å². The maximum Gasteiger partial charge on any atom is 0.255 e. The quantitative estimate of drug-likeness (QED) is 0.397. The van der Waals surface area contributed by atoms with Gasteiger partial charge in [0.2, 0.25) is 10.0 Å². The standard InChI is InChI=1S/C26H30N2O8S/c1-28(37(6,30)31)21-10-8-19(27-26(29)17-7-11-23(34-4)25(14-17)35-5)15-24(21)36-16-18-13-20(32-2)9-12-22(18)33-3/h7-15H,16H2,1-6H3,(H,27,29). The third-order valence-electron chi connectivity index (χ3n) is 5.57. The molecular formula is C26H30N2O8S. The molecule has 3 aromatic carbocycles. The summed E-state index contributed by atoms with van der Waals surface area (Å²) in [7, 11) is 3.92. The van der Waals surface area contributed by atoms with Crippen LogP contribution in [0, 0.1) is 0 Å². The summed E-state index contributed by atoms with van der Waals surface area (Å²) in [5.41, 5.74) is 1.74. The molecule has 1 amide bonds. The van der Waals surface area contributed by atoms with Crippen molar-refractivity contribution in [3.8, 4) is 28.7 Å². The lowest BCUT2D eigenvalue weighted by molar-refractivity contribution is 0.102. The molecule has 0 fully saturated rings. The summed E-state index contributed by atoms with van der Waals surface area (Å²) in [5, 5.41) is 2.80. The molecule has 1 N–H and O–H groups in total. The summed E-state index contributed by atoms with van der Waals surface area (Å²) in [6.45, 7) is 0.0536. The first-order chi connectivity index (χ1) is 17.6. The van der Waals surface area contributed by atoms with Gasteiger partial charge in [-0.3, -0.25) is 9.10 Å². The molecule has 0 unspecified atom stereocenters. The summed E-state index contributed by atoms with van der Waals surface area (Å²) in [6, 6.07) is 14.8. The number of methoxy groups -OCH3 is 4. The molecule has 37 heavy (non-hydrogen) atoms. The van der Waals surface area contributed by atoms with Crippen LogP contribution in [0.2, 0.25) is 0 Å². The van der Waals surface area contributed by atoms with Gasteiger partial charge >= 0.3 is 0 Å². The topological polar surface area (TPSA) is 113 Å². The van der Waals surface area contributed by atoms with Gasteiger partial charge in [-0.05, 0) is 48.5 Å². The predicted molar refractivity (Wildman–Crippen MR) is 141 cm³/mol. The average Bonchev–Trinajstić information content (AvgIpc) is 2.90. The number of benzene rings is 3. The van der Waals surface area contributed by atoms with Gasteiger partial charge < -0.3 is 29.0 Å². The molecule has 11 heteroatoms. The minimum atomic E-state index is -3.58. The summed E-state index contributed by atoms with van der Waals surface area (Å²) in [5.74, 6) is 1.95. The molecule has 3 aromatic rings. The van der Waals surface area contributed by atoms with Crippen LogP contribution in [0.4, 0.5) is 11.4 Å². The highest BCUT2D eigenvalue weighted by Gasteiger charge is 2.19. The van der Waals surface area contributed by atoms with Gasteiger partial charge in [-0.15, -0.1) is 0 Å². The smallest absolute Gasteiger partial charge is 0.255 e. The molecule has 198 valence electrons. The maximum absolute atomic E-state index is 12.9. The van der Waals surface area contributed by atoms with Gasteiger partial charge in [0.05, 0.1) is 40.4 Å². The highest BCUT2D eigenvalue weighted by Crippen LogP contribution is 2.35. The van der Waals surface area contributed by atoms with E-state index in [-0.39, 0.29) is 12.4 Å². The number of nitrogens with zero attached hydrogens (tertiary/aromatic N) is 1. The number of nitrogens with one attached hydrogen (secondary N) is 1. The molecule has 3 rings (SSSR count). The summed E-state index contributed by atoms with van der Waals surface area (Å²) in [4.78, 5) is 12.9. The molecule has 0 radical (unpaired) electrons. The third-order valence-corrected chi connectivity index (χ3v) is 6.76. The Bertz CT molecular complexity index is 1370. The molecule has 0 atom stereocenters. The zero-order valence-electron chi connectivity index (χ0n) is 21.5. The Morgan fingerprint density at radius 2 is 1.49 bits per heavy atom. The normalized spacial score (nSPS) is 10.9. The fourth-order valence-electron chi connectivity index (χ4n) is 3.48. The Kier molecular flexibility index (Phi) is 8.72. The van der Waals surface area contributed by atoms with Crippen LogP contribution >= 0.6 is 0 Å². The monoisotopic (exact) mass is 530 g/mol. The second-order valence-corrected chi connectivity index (χ2v) is 9.92. The fraction of sp³-hybridized carbons (Fsp3) is 0.269. The number of anilines is 2. The number of rotatable bonds is 11. The van der Waals surface area contributed by atoms with E-state index in [1.165, 1.54) is 21.3 Å². The van der Waals surface area contributed by atoms with Gasteiger partial charge in [0.1, 0.15) is 23.9 Å². The Morgan fingerprint density at radius 1 is 0.811 bits per heavy atom. The Hall–Kier alpha value is -4.12. The number of carbonyl (C=O) groups is 1. The largest absolute Gasteiger partial charge is 0.497 e. The van der Waals surface area contributed by atoms with Gasteiger partial charge in [-0.2, -0.15) is 0 Å². The molecular weight excluding hydrogens is 500 g/mol. The molecule has 0 aliphatic carbocycles. The lowest BCUT2D eigenvalue weighted by Crippen LogP contribution is -2.25. The van der Waals surface area contributed by atoms with Crippen molar-refractivity contribution in [3.63, 3.8) is 0 Å². The van der Waals surface area contributed by atoms with E-state index in [2.05, 4.69) is 5.32 Å². The van der Waals surface area contributed by atoms with Crippen LogP contribution in [-0.4, -0.2) is 56.1 Å². The van der Waals surface area contributed by atoms with E-state index in [0.717, 1.165) is 10.6 Å².